The lowest BCUT2D eigenvalue weighted by atomic mass is 9.94. The van der Waals surface area contributed by atoms with E-state index in [0.29, 0.717) is 22.9 Å². The standard InChI is InChI=1S/C16H11N7O2S/c24-9-5-3-8(4-6-9)14-11-12(10-2-1-7-26-10)18-19-15(25)13(11)17-16-20-21-22-23(14)16/h1-7,14,24H,(H,19,25)(H,17,20,22)/t14-/m0/s1. The molecule has 1 aromatic carbocycles. The Balaban J connectivity index is 1.83. The molecule has 0 amide bonds. The molecular formula is C16H11N7O2S. The third kappa shape index (κ3) is 2.12. The van der Waals surface area contributed by atoms with Gasteiger partial charge >= 0.3 is 0 Å². The van der Waals surface area contributed by atoms with Gasteiger partial charge in [-0.15, -0.1) is 11.3 Å². The van der Waals surface area contributed by atoms with Crippen LogP contribution in [0.1, 0.15) is 17.2 Å². The molecule has 9 nitrogen and oxygen atoms in total. The molecule has 0 bridgehead atoms. The van der Waals surface area contributed by atoms with Crippen LogP contribution in [0.5, 0.6) is 5.75 Å². The SMILES string of the molecule is O=c1[nH]nc(-c2cccs2)c2c1Nc1nnnn1[C@H]2c1ccc(O)cc1. The van der Waals surface area contributed by atoms with E-state index in [4.69, 9.17) is 0 Å². The zero-order chi connectivity index (χ0) is 17.7. The van der Waals surface area contributed by atoms with Crippen LogP contribution >= 0.6 is 11.3 Å². The van der Waals surface area contributed by atoms with Crippen molar-refractivity contribution in [1.82, 2.24) is 30.4 Å². The van der Waals surface area contributed by atoms with Gasteiger partial charge in [0.25, 0.3) is 5.56 Å². The molecule has 26 heavy (non-hydrogen) atoms. The van der Waals surface area contributed by atoms with Gasteiger partial charge in [-0.1, -0.05) is 23.3 Å². The minimum absolute atomic E-state index is 0.155. The summed E-state index contributed by atoms with van der Waals surface area (Å²) in [5, 5.41) is 33.2. The van der Waals surface area contributed by atoms with Crippen molar-refractivity contribution in [3.8, 4) is 16.3 Å². The average molecular weight is 365 g/mol. The molecule has 4 aromatic rings. The maximum Gasteiger partial charge on any atom is 0.288 e. The van der Waals surface area contributed by atoms with Crippen LogP contribution in [0.3, 0.4) is 0 Å². The lowest BCUT2D eigenvalue weighted by Crippen LogP contribution is -2.29. The van der Waals surface area contributed by atoms with Crippen LogP contribution < -0.4 is 10.9 Å². The number of phenols is 1. The lowest BCUT2D eigenvalue weighted by Gasteiger charge is -2.27. The van der Waals surface area contributed by atoms with E-state index < -0.39 is 6.04 Å². The van der Waals surface area contributed by atoms with E-state index in [1.54, 1.807) is 28.9 Å². The summed E-state index contributed by atoms with van der Waals surface area (Å²) < 4.78 is 1.60. The van der Waals surface area contributed by atoms with Gasteiger partial charge in [-0.2, -0.15) is 9.78 Å². The first-order valence-electron chi connectivity index (χ1n) is 7.72. The van der Waals surface area contributed by atoms with Gasteiger partial charge in [0.05, 0.1) is 4.88 Å². The Morgan fingerprint density at radius 3 is 2.81 bits per heavy atom. The van der Waals surface area contributed by atoms with Gasteiger partial charge < -0.3 is 10.4 Å². The fraction of sp³-hybridized carbons (Fsp3) is 0.0625. The Morgan fingerprint density at radius 1 is 1.19 bits per heavy atom. The smallest absolute Gasteiger partial charge is 0.288 e. The van der Waals surface area contributed by atoms with Crippen LogP contribution in [-0.2, 0) is 0 Å². The highest BCUT2D eigenvalue weighted by atomic mass is 32.1. The van der Waals surface area contributed by atoms with E-state index >= 15 is 0 Å². The molecule has 0 saturated heterocycles. The van der Waals surface area contributed by atoms with Gasteiger partial charge in [-0.05, 0) is 39.6 Å². The molecule has 0 unspecified atom stereocenters. The molecule has 3 aromatic heterocycles. The number of tetrazole rings is 1. The van der Waals surface area contributed by atoms with E-state index in [1.807, 2.05) is 17.5 Å². The van der Waals surface area contributed by atoms with Gasteiger partial charge in [0.2, 0.25) is 5.95 Å². The lowest BCUT2D eigenvalue weighted by molar-refractivity contribution is 0.474. The Hall–Kier alpha value is -3.53. The van der Waals surface area contributed by atoms with Crippen LogP contribution in [0.25, 0.3) is 10.6 Å². The number of aromatic amines is 1. The molecule has 0 radical (unpaired) electrons. The van der Waals surface area contributed by atoms with Crippen LogP contribution in [0.4, 0.5) is 11.6 Å². The highest BCUT2D eigenvalue weighted by Gasteiger charge is 2.34. The van der Waals surface area contributed by atoms with Crippen LogP contribution in [0.2, 0.25) is 0 Å². The average Bonchev–Trinajstić information content (AvgIpc) is 3.33. The molecule has 1 aliphatic rings. The number of rotatable bonds is 2. The van der Waals surface area contributed by atoms with Gasteiger partial charge in [0, 0.05) is 5.56 Å². The molecular weight excluding hydrogens is 354 g/mol. The Labute approximate surface area is 149 Å². The number of hydrogen-bond acceptors (Lipinski definition) is 8. The molecule has 5 rings (SSSR count). The number of fused-ring (bicyclic) bond motifs is 2. The third-order valence-corrected chi connectivity index (χ3v) is 5.11. The summed E-state index contributed by atoms with van der Waals surface area (Å²) in [6, 6.07) is 10.1. The number of nitrogens with one attached hydrogen (secondary N) is 2. The first-order valence-corrected chi connectivity index (χ1v) is 8.60. The number of phenolic OH excluding ortho intramolecular Hbond substituents is 1. The van der Waals surface area contributed by atoms with E-state index in [2.05, 4.69) is 31.0 Å². The van der Waals surface area contributed by atoms with Crippen molar-refractivity contribution in [2.75, 3.05) is 5.32 Å². The van der Waals surface area contributed by atoms with E-state index in [9.17, 15) is 9.90 Å². The Kier molecular flexibility index (Phi) is 3.12. The van der Waals surface area contributed by atoms with Crippen LogP contribution in [0, 0.1) is 0 Å². The summed E-state index contributed by atoms with van der Waals surface area (Å²) >= 11 is 1.52. The molecule has 0 spiro atoms. The van der Waals surface area contributed by atoms with Crippen molar-refractivity contribution in [3.63, 3.8) is 0 Å². The molecule has 1 aliphatic heterocycles. The summed E-state index contributed by atoms with van der Waals surface area (Å²) in [6.07, 6.45) is 0. The van der Waals surface area contributed by atoms with Gasteiger partial charge in [0.1, 0.15) is 23.2 Å². The quantitative estimate of drug-likeness (QED) is 0.437. The zero-order valence-electron chi connectivity index (χ0n) is 13.1. The number of nitrogens with zero attached hydrogens (tertiary/aromatic N) is 5. The third-order valence-electron chi connectivity index (χ3n) is 4.23. The van der Waals surface area contributed by atoms with Crippen molar-refractivity contribution < 1.29 is 5.11 Å². The number of anilines is 2. The fourth-order valence-corrected chi connectivity index (χ4v) is 3.83. The second-order valence-electron chi connectivity index (χ2n) is 5.73. The summed E-state index contributed by atoms with van der Waals surface area (Å²) in [7, 11) is 0. The molecule has 0 aliphatic carbocycles. The molecule has 0 saturated carbocycles. The topological polar surface area (TPSA) is 122 Å². The molecule has 128 valence electrons. The van der Waals surface area contributed by atoms with E-state index in [-0.39, 0.29) is 11.3 Å². The highest BCUT2D eigenvalue weighted by Crippen LogP contribution is 2.42. The zero-order valence-corrected chi connectivity index (χ0v) is 13.9. The summed E-state index contributed by atoms with van der Waals surface area (Å²) in [5.74, 6) is 0.520. The number of H-pyrrole nitrogens is 1. The highest BCUT2D eigenvalue weighted by molar-refractivity contribution is 7.13. The number of thiophene rings is 1. The number of hydrogen-bond donors (Lipinski definition) is 3. The fourth-order valence-electron chi connectivity index (χ4n) is 3.10. The van der Waals surface area contributed by atoms with Gasteiger partial charge in [-0.3, -0.25) is 4.79 Å². The van der Waals surface area contributed by atoms with Crippen molar-refractivity contribution in [2.24, 2.45) is 0 Å². The number of aromatic hydroxyl groups is 1. The first kappa shape index (κ1) is 14.8. The Morgan fingerprint density at radius 2 is 2.04 bits per heavy atom. The number of aromatic nitrogens is 6. The van der Waals surface area contributed by atoms with Crippen LogP contribution in [-0.4, -0.2) is 35.5 Å². The molecule has 0 fully saturated rings. The Bertz CT molecular complexity index is 1150. The summed E-state index contributed by atoms with van der Waals surface area (Å²) in [6.45, 7) is 0. The van der Waals surface area contributed by atoms with Crippen molar-refractivity contribution in [1.29, 1.82) is 0 Å². The minimum Gasteiger partial charge on any atom is -0.508 e. The second-order valence-corrected chi connectivity index (χ2v) is 6.68. The maximum absolute atomic E-state index is 12.5. The molecule has 1 atom stereocenters. The normalized spacial score (nSPS) is 15.2. The largest absolute Gasteiger partial charge is 0.508 e. The molecule has 4 heterocycles. The second kappa shape index (κ2) is 5.49. The van der Waals surface area contributed by atoms with E-state index in [0.717, 1.165) is 10.4 Å². The molecule has 3 N–H and O–H groups in total. The van der Waals surface area contributed by atoms with Crippen molar-refractivity contribution >= 4 is 23.0 Å². The predicted molar refractivity (Wildman–Crippen MR) is 94.6 cm³/mol. The maximum atomic E-state index is 12.5. The van der Waals surface area contributed by atoms with Crippen molar-refractivity contribution in [3.05, 3.63) is 63.3 Å². The summed E-state index contributed by atoms with van der Waals surface area (Å²) in [5.41, 5.74) is 2.18. The first-order chi connectivity index (χ1) is 12.7. The van der Waals surface area contributed by atoms with E-state index in [1.165, 1.54) is 11.3 Å². The molecule has 10 heteroatoms. The van der Waals surface area contributed by atoms with Crippen LogP contribution in [0.15, 0.2) is 46.6 Å². The predicted octanol–water partition coefficient (Wildman–Crippen LogP) is 1.89. The monoisotopic (exact) mass is 365 g/mol. The van der Waals surface area contributed by atoms with Gasteiger partial charge in [0.15, 0.2) is 0 Å². The summed E-state index contributed by atoms with van der Waals surface area (Å²) in [4.78, 5) is 13.4. The minimum atomic E-state index is -0.455. The van der Waals surface area contributed by atoms with Crippen molar-refractivity contribution in [2.45, 2.75) is 6.04 Å². The van der Waals surface area contributed by atoms with Gasteiger partial charge in [-0.25, -0.2) is 5.10 Å². The number of benzene rings is 1.